The van der Waals surface area contributed by atoms with Crippen LogP contribution in [0.15, 0.2) is 45.3 Å². The van der Waals surface area contributed by atoms with Gasteiger partial charge in [-0.05, 0) is 19.1 Å². The molecule has 4 atom stereocenters. The maximum Gasteiger partial charge on any atom is 0.431 e. The van der Waals surface area contributed by atoms with Crippen LogP contribution in [-0.2, 0) is 13.8 Å². The summed E-state index contributed by atoms with van der Waals surface area (Å²) < 4.78 is 24.2. The Bertz CT molecular complexity index is 1080. The van der Waals surface area contributed by atoms with Gasteiger partial charge in [0.1, 0.15) is 28.8 Å². The largest absolute Gasteiger partial charge is 0.431 e. The quantitative estimate of drug-likeness (QED) is 0.284. The molecule has 4 unspecified atom stereocenters. The van der Waals surface area contributed by atoms with Gasteiger partial charge < -0.3 is 9.63 Å². The summed E-state index contributed by atoms with van der Waals surface area (Å²) in [7, 11) is -4.26. The normalized spacial score (nSPS) is 23.2. The second-order valence-electron chi connectivity index (χ2n) is 6.27. The molecular weight excluding hydrogens is 405 g/mol. The Labute approximate surface area is 163 Å². The number of anilines is 1. The number of aromatic amines is 1. The van der Waals surface area contributed by atoms with E-state index in [1.807, 2.05) is 0 Å². The molecule has 4 N–H and O–H groups in total. The maximum atomic E-state index is 12.2. The van der Waals surface area contributed by atoms with Gasteiger partial charge in [0.25, 0.3) is 5.56 Å². The van der Waals surface area contributed by atoms with E-state index in [-0.39, 0.29) is 18.8 Å². The number of aromatic nitrogens is 3. The molecule has 0 aliphatic carbocycles. The van der Waals surface area contributed by atoms with Crippen molar-refractivity contribution >= 4 is 13.6 Å². The van der Waals surface area contributed by atoms with Crippen LogP contribution in [-0.4, -0.2) is 38.2 Å². The standard InChI is InChI=1S/C15H18N7O6P/c1-9-7-22(15(24)18-14(9)23)13-6-10(19-21-16)11(28-13)8-27-29(25,26)20-12-4-2-3-5-17-12/h2-5,7,10-11,13,16H,6,8H2,1H3,(H2-,17,18,20,23,24,25,26)/p+1. The molecule has 0 amide bonds. The van der Waals surface area contributed by atoms with Gasteiger partial charge >= 0.3 is 13.4 Å². The highest BCUT2D eigenvalue weighted by Crippen LogP contribution is 2.42. The maximum absolute atomic E-state index is 12.2. The van der Waals surface area contributed by atoms with Crippen LogP contribution in [0.3, 0.4) is 0 Å². The van der Waals surface area contributed by atoms with E-state index in [1.165, 1.54) is 30.0 Å². The molecule has 14 heteroatoms. The van der Waals surface area contributed by atoms with Crippen LogP contribution in [0.5, 0.6) is 0 Å². The van der Waals surface area contributed by atoms with Gasteiger partial charge in [-0.15, -0.1) is 0 Å². The van der Waals surface area contributed by atoms with Crippen molar-refractivity contribution in [3.05, 3.63) is 57.0 Å². The topological polar surface area (TPSA) is 186 Å². The molecule has 1 saturated heterocycles. The lowest BCUT2D eigenvalue weighted by molar-refractivity contribution is -0.0240. The van der Waals surface area contributed by atoms with E-state index in [2.05, 4.69) is 25.1 Å². The first-order chi connectivity index (χ1) is 13.8. The zero-order valence-electron chi connectivity index (χ0n) is 15.3. The van der Waals surface area contributed by atoms with Crippen LogP contribution in [0.25, 0.3) is 0 Å². The molecular formula is C15H19N7O6P+. The van der Waals surface area contributed by atoms with Gasteiger partial charge in [-0.25, -0.2) is 14.3 Å². The second kappa shape index (κ2) is 8.60. The van der Waals surface area contributed by atoms with Crippen molar-refractivity contribution in [3.8, 4) is 0 Å². The zero-order chi connectivity index (χ0) is 21.0. The molecule has 13 nitrogen and oxygen atoms in total. The molecule has 2 aromatic rings. The first-order valence-electron chi connectivity index (χ1n) is 8.50. The Morgan fingerprint density at radius 1 is 1.55 bits per heavy atom. The van der Waals surface area contributed by atoms with E-state index in [0.717, 1.165) is 0 Å². The van der Waals surface area contributed by atoms with Gasteiger partial charge in [0.05, 0.1) is 6.61 Å². The van der Waals surface area contributed by atoms with Crippen molar-refractivity contribution in [2.45, 2.75) is 31.7 Å². The molecule has 29 heavy (non-hydrogen) atoms. The fourth-order valence-corrected chi connectivity index (χ4v) is 3.65. The Morgan fingerprint density at radius 3 is 3.03 bits per heavy atom. The Kier molecular flexibility index (Phi) is 6.16. The average molecular weight is 424 g/mol. The number of aryl methyl sites for hydroxylation is 1. The third-order valence-corrected chi connectivity index (χ3v) is 5.21. The van der Waals surface area contributed by atoms with Crippen molar-refractivity contribution < 1.29 is 18.7 Å². The van der Waals surface area contributed by atoms with Crippen molar-refractivity contribution in [1.82, 2.24) is 19.4 Å². The number of rotatable bonds is 7. The fourth-order valence-electron chi connectivity index (χ4n) is 2.81. The summed E-state index contributed by atoms with van der Waals surface area (Å²) in [5.74, 6) is 0.154. The van der Waals surface area contributed by atoms with Crippen molar-refractivity contribution in [1.29, 1.82) is 5.53 Å². The number of ether oxygens (including phenoxy) is 1. The van der Waals surface area contributed by atoms with Crippen molar-refractivity contribution in [3.63, 3.8) is 0 Å². The van der Waals surface area contributed by atoms with Gasteiger partial charge in [-0.1, -0.05) is 6.07 Å². The lowest BCUT2D eigenvalue weighted by Gasteiger charge is -2.18. The van der Waals surface area contributed by atoms with Crippen LogP contribution in [0.4, 0.5) is 5.82 Å². The van der Waals surface area contributed by atoms with E-state index < -0.39 is 37.4 Å². The highest BCUT2D eigenvalue weighted by molar-refractivity contribution is 7.54. The van der Waals surface area contributed by atoms with Gasteiger partial charge in [0, 0.05) is 24.4 Å². The molecule has 0 aromatic carbocycles. The molecule has 1 aliphatic heterocycles. The van der Waals surface area contributed by atoms with Gasteiger partial charge in [-0.3, -0.25) is 24.0 Å². The summed E-state index contributed by atoms with van der Waals surface area (Å²) in [6.45, 7) is 1.18. The third kappa shape index (κ3) is 5.11. The number of nitrogens with zero attached hydrogens (tertiary/aromatic N) is 4. The van der Waals surface area contributed by atoms with E-state index in [4.69, 9.17) is 14.8 Å². The van der Waals surface area contributed by atoms with E-state index in [9.17, 15) is 19.0 Å². The fraction of sp³-hybridized carbons (Fsp3) is 0.400. The minimum absolute atomic E-state index is 0.154. The molecule has 0 saturated carbocycles. The highest BCUT2D eigenvalue weighted by atomic mass is 31.2. The number of nitrogens with one attached hydrogen (secondary N) is 3. The molecule has 0 bridgehead atoms. The van der Waals surface area contributed by atoms with Crippen LogP contribution >= 0.6 is 7.75 Å². The van der Waals surface area contributed by atoms with Crippen LogP contribution in [0, 0.1) is 12.5 Å². The molecule has 3 heterocycles. The molecule has 1 aliphatic rings. The summed E-state index contributed by atoms with van der Waals surface area (Å²) >= 11 is 0. The SMILES string of the molecule is Cc1cn(C2CC(N=[N+]=N)C(COP(=O)(O)Nc3ccccn3)O2)c(=O)[nH]c1=O. The summed E-state index contributed by atoms with van der Waals surface area (Å²) in [4.78, 5) is 42.7. The van der Waals surface area contributed by atoms with E-state index in [0.29, 0.717) is 5.56 Å². The Hall–Kier alpha value is -2.95. The summed E-state index contributed by atoms with van der Waals surface area (Å²) in [6, 6.07) is 4.09. The molecule has 3 rings (SSSR count). The van der Waals surface area contributed by atoms with E-state index >= 15 is 0 Å². The van der Waals surface area contributed by atoms with Crippen molar-refractivity contribution in [2.24, 2.45) is 5.11 Å². The van der Waals surface area contributed by atoms with Crippen LogP contribution in [0.2, 0.25) is 0 Å². The lowest BCUT2D eigenvalue weighted by Crippen LogP contribution is -2.33. The number of hydrogen-bond acceptors (Lipinski definition) is 8. The summed E-state index contributed by atoms with van der Waals surface area (Å²) in [5, 5.41) is 6.02. The van der Waals surface area contributed by atoms with Crippen LogP contribution < -0.4 is 21.2 Å². The Balaban J connectivity index is 1.72. The number of H-pyrrole nitrogens is 1. The first kappa shape index (κ1) is 20.8. The molecule has 2 aromatic heterocycles. The van der Waals surface area contributed by atoms with E-state index in [1.54, 1.807) is 12.1 Å². The minimum Gasteiger partial charge on any atom is -0.350 e. The number of pyridine rings is 1. The average Bonchev–Trinajstić information content (AvgIpc) is 3.06. The first-order valence-corrected chi connectivity index (χ1v) is 10.1. The zero-order valence-corrected chi connectivity index (χ0v) is 16.2. The van der Waals surface area contributed by atoms with Gasteiger partial charge in [0.2, 0.25) is 4.91 Å². The van der Waals surface area contributed by atoms with Gasteiger partial charge in [-0.2, -0.15) is 0 Å². The predicted octanol–water partition coefficient (Wildman–Crippen LogP) is 0.676. The van der Waals surface area contributed by atoms with Crippen molar-refractivity contribution in [2.75, 3.05) is 11.7 Å². The second-order valence-corrected chi connectivity index (χ2v) is 7.79. The smallest absolute Gasteiger partial charge is 0.350 e. The predicted molar refractivity (Wildman–Crippen MR) is 99.3 cm³/mol. The summed E-state index contributed by atoms with van der Waals surface area (Å²) in [5.41, 5.74) is 6.09. The highest BCUT2D eigenvalue weighted by Gasteiger charge is 2.41. The van der Waals surface area contributed by atoms with Crippen LogP contribution in [0.1, 0.15) is 18.2 Å². The number of hydrogen-bond donors (Lipinski definition) is 4. The van der Waals surface area contributed by atoms with Gasteiger partial charge in [0.15, 0.2) is 6.04 Å². The summed E-state index contributed by atoms with van der Waals surface area (Å²) in [6.07, 6.45) is 1.29. The molecule has 0 radical (unpaired) electrons. The molecule has 154 valence electrons. The minimum atomic E-state index is -4.26. The monoisotopic (exact) mass is 424 g/mol. The molecule has 0 spiro atoms. The lowest BCUT2D eigenvalue weighted by atomic mass is 10.1. The third-order valence-electron chi connectivity index (χ3n) is 4.20. The Morgan fingerprint density at radius 2 is 2.34 bits per heavy atom. The molecule has 1 fully saturated rings.